The molecule has 8 heteroatoms. The number of fused-ring (bicyclic) bond motifs is 1. The molecule has 1 aliphatic heterocycles. The van der Waals surface area contributed by atoms with Gasteiger partial charge in [0.25, 0.3) is 5.91 Å². The van der Waals surface area contributed by atoms with E-state index >= 15 is 0 Å². The van der Waals surface area contributed by atoms with Crippen molar-refractivity contribution < 1.29 is 22.8 Å². The standard InChI is InChI=1S/C20H20F3N3O2/c1-4-6-9-14(5-2)17-15-10-7-8-11-16(15)26(12-20(21,22)23)19(28)18(25-17)24-13(3)27/h4-11,18H,2,12H2,1,3H3,(H,24,27)/b6-4-,14-9+. The topological polar surface area (TPSA) is 61.8 Å². The fourth-order valence-electron chi connectivity index (χ4n) is 2.73. The van der Waals surface area contributed by atoms with Crippen molar-refractivity contribution in [1.82, 2.24) is 5.32 Å². The largest absolute Gasteiger partial charge is 0.406 e. The molecule has 0 saturated carbocycles. The highest BCUT2D eigenvalue weighted by atomic mass is 19.4. The van der Waals surface area contributed by atoms with Gasteiger partial charge in [-0.05, 0) is 18.6 Å². The number of benzodiazepines with no additional fused rings is 1. The quantitative estimate of drug-likeness (QED) is 0.781. The third-order valence-electron chi connectivity index (χ3n) is 3.85. The summed E-state index contributed by atoms with van der Waals surface area (Å²) >= 11 is 0. The molecule has 1 unspecified atom stereocenters. The zero-order valence-corrected chi connectivity index (χ0v) is 15.5. The first-order chi connectivity index (χ1) is 13.2. The molecule has 2 rings (SSSR count). The number of halogens is 3. The highest BCUT2D eigenvalue weighted by molar-refractivity contribution is 6.21. The number of alkyl halides is 3. The minimum absolute atomic E-state index is 0.0599. The smallest absolute Gasteiger partial charge is 0.327 e. The number of benzene rings is 1. The van der Waals surface area contributed by atoms with Gasteiger partial charge in [-0.25, -0.2) is 4.99 Å². The summed E-state index contributed by atoms with van der Waals surface area (Å²) in [5, 5.41) is 2.32. The molecule has 1 aromatic rings. The number of carbonyl (C=O) groups is 2. The molecule has 0 fully saturated rings. The Labute approximate surface area is 160 Å². The van der Waals surface area contributed by atoms with Crippen LogP contribution in [0.15, 0.2) is 65.7 Å². The van der Waals surface area contributed by atoms with Crippen LogP contribution in [0.2, 0.25) is 0 Å². The van der Waals surface area contributed by atoms with E-state index in [9.17, 15) is 22.8 Å². The summed E-state index contributed by atoms with van der Waals surface area (Å²) in [6.45, 7) is 5.20. The summed E-state index contributed by atoms with van der Waals surface area (Å²) in [6.07, 6.45) is 0.531. The van der Waals surface area contributed by atoms with Crippen LogP contribution in [0.5, 0.6) is 0 Å². The molecule has 2 amide bonds. The van der Waals surface area contributed by atoms with Crippen LogP contribution < -0.4 is 10.2 Å². The van der Waals surface area contributed by atoms with Gasteiger partial charge in [-0.1, -0.05) is 49.1 Å². The molecular weight excluding hydrogens is 371 g/mol. The van der Waals surface area contributed by atoms with Crippen molar-refractivity contribution >= 4 is 23.2 Å². The van der Waals surface area contributed by atoms with Crippen LogP contribution in [0.3, 0.4) is 0 Å². The first kappa shape index (κ1) is 21.1. The van der Waals surface area contributed by atoms with Gasteiger partial charge in [-0.15, -0.1) is 0 Å². The molecule has 0 aromatic heterocycles. The maximum atomic E-state index is 13.2. The van der Waals surface area contributed by atoms with E-state index in [0.717, 1.165) is 0 Å². The van der Waals surface area contributed by atoms with Gasteiger partial charge in [0.15, 0.2) is 0 Å². The lowest BCUT2D eigenvalue weighted by Gasteiger charge is -2.26. The number of nitrogens with one attached hydrogen (secondary N) is 1. The lowest BCUT2D eigenvalue weighted by molar-refractivity contribution is -0.134. The maximum absolute atomic E-state index is 13.2. The summed E-state index contributed by atoms with van der Waals surface area (Å²) in [7, 11) is 0. The van der Waals surface area contributed by atoms with Gasteiger partial charge in [-0.2, -0.15) is 13.2 Å². The number of hydrogen-bond acceptors (Lipinski definition) is 3. The Bertz CT molecular complexity index is 870. The number of carbonyl (C=O) groups excluding carboxylic acids is 2. The summed E-state index contributed by atoms with van der Waals surface area (Å²) < 4.78 is 39.5. The fraction of sp³-hybridized carbons (Fsp3) is 0.250. The molecule has 0 radical (unpaired) electrons. The van der Waals surface area contributed by atoms with Crippen molar-refractivity contribution in [3.63, 3.8) is 0 Å². The van der Waals surface area contributed by atoms with Gasteiger partial charge in [0.2, 0.25) is 12.1 Å². The highest BCUT2D eigenvalue weighted by Gasteiger charge is 2.39. The molecule has 1 aromatic carbocycles. The van der Waals surface area contributed by atoms with E-state index in [1.165, 1.54) is 25.1 Å². The molecule has 1 atom stereocenters. The number of amides is 2. The Balaban J connectivity index is 2.74. The second-order valence-electron chi connectivity index (χ2n) is 5.99. The second-order valence-corrected chi connectivity index (χ2v) is 5.99. The Hall–Kier alpha value is -3.16. The second kappa shape index (κ2) is 8.69. The molecule has 1 N–H and O–H groups in total. The van der Waals surface area contributed by atoms with E-state index in [2.05, 4.69) is 16.9 Å². The monoisotopic (exact) mass is 391 g/mol. The van der Waals surface area contributed by atoms with Crippen molar-refractivity contribution in [2.45, 2.75) is 26.2 Å². The molecule has 0 aliphatic carbocycles. The van der Waals surface area contributed by atoms with Gasteiger partial charge < -0.3 is 5.32 Å². The predicted octanol–water partition coefficient (Wildman–Crippen LogP) is 3.54. The van der Waals surface area contributed by atoms with Crippen molar-refractivity contribution in [3.8, 4) is 0 Å². The summed E-state index contributed by atoms with van der Waals surface area (Å²) in [5.74, 6) is -1.55. The van der Waals surface area contributed by atoms with E-state index in [4.69, 9.17) is 0 Å². The number of allylic oxidation sites excluding steroid dienone is 5. The normalized spacial score (nSPS) is 17.8. The van der Waals surface area contributed by atoms with Crippen LogP contribution in [0, 0.1) is 0 Å². The maximum Gasteiger partial charge on any atom is 0.406 e. The van der Waals surface area contributed by atoms with Gasteiger partial charge >= 0.3 is 6.18 Å². The average molecular weight is 391 g/mol. The van der Waals surface area contributed by atoms with Gasteiger partial charge in [0, 0.05) is 12.5 Å². The van der Waals surface area contributed by atoms with Crippen LogP contribution in [0.4, 0.5) is 18.9 Å². The number of rotatable bonds is 5. The first-order valence-electron chi connectivity index (χ1n) is 8.46. The van der Waals surface area contributed by atoms with Crippen LogP contribution in [-0.2, 0) is 9.59 Å². The van der Waals surface area contributed by atoms with E-state index < -0.39 is 30.7 Å². The number of anilines is 1. The van der Waals surface area contributed by atoms with Crippen LogP contribution in [0.1, 0.15) is 19.4 Å². The minimum Gasteiger partial charge on any atom is -0.327 e. The number of aliphatic imine (C=N–C) groups is 1. The van der Waals surface area contributed by atoms with E-state index in [1.807, 2.05) is 0 Å². The molecule has 0 saturated heterocycles. The van der Waals surface area contributed by atoms with Gasteiger partial charge in [0.1, 0.15) is 6.54 Å². The SMILES string of the molecule is C=C/C(=C\C=C/C)C1=NC(NC(C)=O)C(=O)N(CC(F)(F)F)c2ccccc21. The van der Waals surface area contributed by atoms with Crippen LogP contribution >= 0.6 is 0 Å². The zero-order chi connectivity index (χ0) is 20.9. The molecular formula is C20H20F3N3O2. The van der Waals surface area contributed by atoms with Gasteiger partial charge in [0.05, 0.1) is 11.4 Å². The summed E-state index contributed by atoms with van der Waals surface area (Å²) in [6, 6.07) is 6.17. The van der Waals surface area contributed by atoms with E-state index in [-0.39, 0.29) is 11.4 Å². The van der Waals surface area contributed by atoms with Crippen molar-refractivity contribution in [2.24, 2.45) is 4.99 Å². The molecule has 0 spiro atoms. The Morgan fingerprint density at radius 2 is 2.04 bits per heavy atom. The van der Waals surface area contributed by atoms with Crippen molar-refractivity contribution in [2.75, 3.05) is 11.4 Å². The zero-order valence-electron chi connectivity index (χ0n) is 15.5. The number of nitrogens with zero attached hydrogens (tertiary/aromatic N) is 2. The molecule has 28 heavy (non-hydrogen) atoms. The van der Waals surface area contributed by atoms with Gasteiger partial charge in [-0.3, -0.25) is 14.5 Å². The van der Waals surface area contributed by atoms with E-state index in [0.29, 0.717) is 16.0 Å². The Morgan fingerprint density at radius 3 is 2.61 bits per heavy atom. The van der Waals surface area contributed by atoms with Crippen LogP contribution in [0.25, 0.3) is 0 Å². The fourth-order valence-corrected chi connectivity index (χ4v) is 2.73. The Morgan fingerprint density at radius 1 is 1.36 bits per heavy atom. The molecule has 1 heterocycles. The van der Waals surface area contributed by atoms with Crippen LogP contribution in [-0.4, -0.2) is 36.4 Å². The molecule has 1 aliphatic rings. The van der Waals surface area contributed by atoms with Crippen molar-refractivity contribution in [3.05, 3.63) is 66.3 Å². The summed E-state index contributed by atoms with van der Waals surface area (Å²) in [5.41, 5.74) is 1.16. The lowest BCUT2D eigenvalue weighted by atomic mass is 9.99. The first-order valence-corrected chi connectivity index (χ1v) is 8.46. The molecule has 0 bridgehead atoms. The van der Waals surface area contributed by atoms with Crippen molar-refractivity contribution in [1.29, 1.82) is 0 Å². The third kappa shape index (κ3) is 4.97. The number of para-hydroxylation sites is 1. The number of hydrogen-bond donors (Lipinski definition) is 1. The summed E-state index contributed by atoms with van der Waals surface area (Å²) in [4.78, 5) is 29.3. The molecule has 5 nitrogen and oxygen atoms in total. The average Bonchev–Trinajstić information content (AvgIpc) is 2.72. The molecule has 148 valence electrons. The van der Waals surface area contributed by atoms with E-state index in [1.54, 1.807) is 37.3 Å². The Kier molecular flexibility index (Phi) is 6.56. The predicted molar refractivity (Wildman–Crippen MR) is 102 cm³/mol. The third-order valence-corrected chi connectivity index (χ3v) is 3.85. The highest BCUT2D eigenvalue weighted by Crippen LogP contribution is 2.31. The lowest BCUT2D eigenvalue weighted by Crippen LogP contribution is -2.49. The minimum atomic E-state index is -4.63.